The third kappa shape index (κ3) is 7.62. The number of ether oxygens (including phenoxy) is 1. The molecule has 192 valence electrons. The normalized spacial score (nSPS) is 25.5. The SMILES string of the molecule is CCCC1CCC(c2ccc(CC(F)(F)OCc3ccc(C4CCC(CC)CC4)cc3)cc2)CC1. The fourth-order valence-corrected chi connectivity index (χ4v) is 6.37. The lowest BCUT2D eigenvalue weighted by Crippen LogP contribution is -2.23. The second kappa shape index (κ2) is 12.5. The summed E-state index contributed by atoms with van der Waals surface area (Å²) in [6.07, 6.45) is 10.5. The Kier molecular flexibility index (Phi) is 9.39. The summed E-state index contributed by atoms with van der Waals surface area (Å²) in [6.45, 7) is 4.48. The first-order chi connectivity index (χ1) is 17.0. The van der Waals surface area contributed by atoms with Gasteiger partial charge in [-0.05, 0) is 97.3 Å². The number of rotatable bonds is 10. The van der Waals surface area contributed by atoms with Crippen LogP contribution in [-0.2, 0) is 17.8 Å². The second-order valence-corrected chi connectivity index (χ2v) is 11.2. The maximum Gasteiger partial charge on any atom is 0.360 e. The molecule has 0 atom stereocenters. The molecule has 3 heteroatoms. The molecular weight excluding hydrogens is 438 g/mol. The summed E-state index contributed by atoms with van der Waals surface area (Å²) in [7, 11) is 0. The van der Waals surface area contributed by atoms with Gasteiger partial charge in [0.25, 0.3) is 0 Å². The number of benzene rings is 2. The van der Waals surface area contributed by atoms with Crippen LogP contribution in [0.4, 0.5) is 8.78 Å². The van der Waals surface area contributed by atoms with Crippen molar-refractivity contribution in [1.82, 2.24) is 0 Å². The average molecular weight is 483 g/mol. The van der Waals surface area contributed by atoms with E-state index < -0.39 is 6.11 Å². The lowest BCUT2D eigenvalue weighted by Gasteiger charge is -2.28. The molecule has 0 radical (unpaired) electrons. The molecular formula is C32H44F2O. The standard InChI is InChI=1S/C32H44F2O/c1-3-5-25-8-16-29(17-9-25)30-18-10-26(11-19-30)22-32(33,34)35-23-27-12-20-31(21-13-27)28-14-6-24(4-2)7-15-28/h10-13,18-21,24-25,28-29H,3-9,14-17,22-23H2,1-2H3. The van der Waals surface area contributed by atoms with Crippen LogP contribution in [0.25, 0.3) is 0 Å². The average Bonchev–Trinajstić information content (AvgIpc) is 2.89. The Morgan fingerprint density at radius 3 is 1.66 bits per heavy atom. The monoisotopic (exact) mass is 482 g/mol. The Bertz CT molecular complexity index is 873. The summed E-state index contributed by atoms with van der Waals surface area (Å²) >= 11 is 0. The summed E-state index contributed by atoms with van der Waals surface area (Å²) in [5.74, 6) is 2.95. The minimum Gasteiger partial charge on any atom is -0.315 e. The van der Waals surface area contributed by atoms with Gasteiger partial charge in [-0.15, -0.1) is 0 Å². The molecule has 0 aliphatic heterocycles. The minimum atomic E-state index is -3.17. The van der Waals surface area contributed by atoms with Crippen molar-refractivity contribution >= 4 is 0 Å². The highest BCUT2D eigenvalue weighted by Gasteiger charge is 2.31. The van der Waals surface area contributed by atoms with Crippen molar-refractivity contribution in [1.29, 1.82) is 0 Å². The van der Waals surface area contributed by atoms with Crippen molar-refractivity contribution < 1.29 is 13.5 Å². The molecule has 2 aromatic carbocycles. The first-order valence-electron chi connectivity index (χ1n) is 14.1. The molecule has 0 amide bonds. The molecule has 0 saturated heterocycles. The summed E-state index contributed by atoms with van der Waals surface area (Å²) < 4.78 is 34.2. The molecule has 2 aliphatic rings. The van der Waals surface area contributed by atoms with Crippen molar-refractivity contribution in [3.05, 3.63) is 70.8 Å². The lowest BCUT2D eigenvalue weighted by molar-refractivity contribution is -0.244. The van der Waals surface area contributed by atoms with Crippen LogP contribution in [0.2, 0.25) is 0 Å². The fraction of sp³-hybridized carbons (Fsp3) is 0.625. The van der Waals surface area contributed by atoms with Crippen LogP contribution in [0.15, 0.2) is 48.5 Å². The highest BCUT2D eigenvalue weighted by Crippen LogP contribution is 2.38. The molecule has 0 unspecified atom stereocenters. The van der Waals surface area contributed by atoms with Crippen LogP contribution in [0, 0.1) is 11.8 Å². The molecule has 2 saturated carbocycles. The fourth-order valence-electron chi connectivity index (χ4n) is 6.37. The molecule has 2 fully saturated rings. The first kappa shape index (κ1) is 26.3. The molecule has 1 nitrogen and oxygen atoms in total. The van der Waals surface area contributed by atoms with Crippen LogP contribution in [0.5, 0.6) is 0 Å². The van der Waals surface area contributed by atoms with Crippen molar-refractivity contribution in [3.8, 4) is 0 Å². The molecule has 0 aromatic heterocycles. The van der Waals surface area contributed by atoms with Crippen molar-refractivity contribution in [2.75, 3.05) is 0 Å². The predicted octanol–water partition coefficient (Wildman–Crippen LogP) is 9.80. The Hall–Kier alpha value is -1.74. The molecule has 2 aliphatic carbocycles. The highest BCUT2D eigenvalue weighted by atomic mass is 19.3. The van der Waals surface area contributed by atoms with Gasteiger partial charge in [0.15, 0.2) is 0 Å². The van der Waals surface area contributed by atoms with Crippen molar-refractivity contribution in [3.63, 3.8) is 0 Å². The maximum absolute atomic E-state index is 14.6. The zero-order valence-corrected chi connectivity index (χ0v) is 21.8. The van der Waals surface area contributed by atoms with Gasteiger partial charge in [0, 0.05) is 0 Å². The van der Waals surface area contributed by atoms with Crippen molar-refractivity contribution in [2.45, 2.75) is 115 Å². The largest absolute Gasteiger partial charge is 0.360 e. The van der Waals surface area contributed by atoms with Gasteiger partial charge in [-0.25, -0.2) is 0 Å². The van der Waals surface area contributed by atoms with E-state index in [0.717, 1.165) is 17.4 Å². The van der Waals surface area contributed by atoms with E-state index in [0.29, 0.717) is 17.4 Å². The Labute approximate surface area is 211 Å². The first-order valence-corrected chi connectivity index (χ1v) is 14.1. The summed E-state index contributed by atoms with van der Waals surface area (Å²) in [4.78, 5) is 0. The van der Waals surface area contributed by atoms with Crippen LogP contribution in [0.1, 0.15) is 119 Å². The third-order valence-corrected chi connectivity index (χ3v) is 8.73. The number of hydrogen-bond acceptors (Lipinski definition) is 1. The van der Waals surface area contributed by atoms with Gasteiger partial charge >= 0.3 is 6.11 Å². The quantitative estimate of drug-likeness (QED) is 0.327. The molecule has 0 N–H and O–H groups in total. The lowest BCUT2D eigenvalue weighted by atomic mass is 9.77. The van der Waals surface area contributed by atoms with E-state index in [2.05, 4.69) is 38.1 Å². The van der Waals surface area contributed by atoms with Crippen LogP contribution >= 0.6 is 0 Å². The smallest absolute Gasteiger partial charge is 0.315 e. The molecule has 0 spiro atoms. The molecule has 0 heterocycles. The van der Waals surface area contributed by atoms with Gasteiger partial charge in [-0.1, -0.05) is 81.6 Å². The topological polar surface area (TPSA) is 9.23 Å². The van der Waals surface area contributed by atoms with E-state index in [4.69, 9.17) is 4.74 Å². The van der Waals surface area contributed by atoms with E-state index in [-0.39, 0.29) is 13.0 Å². The van der Waals surface area contributed by atoms with E-state index in [9.17, 15) is 8.78 Å². The minimum absolute atomic E-state index is 0.0606. The molecule has 2 aromatic rings. The molecule has 35 heavy (non-hydrogen) atoms. The van der Waals surface area contributed by atoms with Crippen LogP contribution in [0.3, 0.4) is 0 Å². The zero-order valence-electron chi connectivity index (χ0n) is 21.8. The Balaban J connectivity index is 1.24. The van der Waals surface area contributed by atoms with Gasteiger partial charge in [0.1, 0.15) is 0 Å². The van der Waals surface area contributed by atoms with Gasteiger partial charge in [0.2, 0.25) is 0 Å². The number of alkyl halides is 2. The molecule has 4 rings (SSSR count). The second-order valence-electron chi connectivity index (χ2n) is 11.2. The van der Waals surface area contributed by atoms with Crippen molar-refractivity contribution in [2.24, 2.45) is 11.8 Å². The van der Waals surface area contributed by atoms with Crippen LogP contribution in [-0.4, -0.2) is 6.11 Å². The third-order valence-electron chi connectivity index (χ3n) is 8.73. The zero-order chi connectivity index (χ0) is 24.7. The molecule has 0 bridgehead atoms. The maximum atomic E-state index is 14.6. The summed E-state index contributed by atoms with van der Waals surface area (Å²) in [5, 5.41) is 0. The van der Waals surface area contributed by atoms with Crippen LogP contribution < -0.4 is 0 Å². The van der Waals surface area contributed by atoms with Gasteiger partial charge in [-0.3, -0.25) is 0 Å². The van der Waals surface area contributed by atoms with Gasteiger partial charge in [-0.2, -0.15) is 8.78 Å². The van der Waals surface area contributed by atoms with E-state index in [1.807, 2.05) is 24.3 Å². The number of halogens is 2. The highest BCUT2D eigenvalue weighted by molar-refractivity contribution is 5.27. The number of hydrogen-bond donors (Lipinski definition) is 0. The van der Waals surface area contributed by atoms with E-state index >= 15 is 0 Å². The Morgan fingerprint density at radius 1 is 0.686 bits per heavy atom. The summed E-state index contributed by atoms with van der Waals surface area (Å²) in [5.41, 5.74) is 4.09. The Morgan fingerprint density at radius 2 is 1.17 bits per heavy atom. The van der Waals surface area contributed by atoms with E-state index in [1.54, 1.807) is 0 Å². The summed E-state index contributed by atoms with van der Waals surface area (Å²) in [6, 6.07) is 16.0. The predicted molar refractivity (Wildman–Crippen MR) is 141 cm³/mol. The van der Waals surface area contributed by atoms with E-state index in [1.165, 1.54) is 81.8 Å². The van der Waals surface area contributed by atoms with Gasteiger partial charge < -0.3 is 4.74 Å². The van der Waals surface area contributed by atoms with Gasteiger partial charge in [0.05, 0.1) is 13.0 Å².